The first-order valence-corrected chi connectivity index (χ1v) is 5.49. The molecule has 1 N–H and O–H groups in total. The minimum Gasteiger partial charge on any atom is -0.390 e. The highest BCUT2D eigenvalue weighted by molar-refractivity contribution is 4.97. The Labute approximate surface area is 89.9 Å². The van der Waals surface area contributed by atoms with Gasteiger partial charge >= 0.3 is 0 Å². The zero-order chi connectivity index (χ0) is 10.7. The van der Waals surface area contributed by atoms with E-state index in [0.29, 0.717) is 12.1 Å². The monoisotopic (exact) mass is 210 g/mol. The average Bonchev–Trinajstić information content (AvgIpc) is 2.78. The smallest absolute Gasteiger partial charge is 0.0953 e. The van der Waals surface area contributed by atoms with Crippen molar-refractivity contribution in [2.24, 2.45) is 0 Å². The van der Waals surface area contributed by atoms with Gasteiger partial charge in [0.2, 0.25) is 0 Å². The average molecular weight is 210 g/mol. The van der Waals surface area contributed by atoms with Gasteiger partial charge < -0.3 is 14.4 Å². The van der Waals surface area contributed by atoms with Gasteiger partial charge in [0.25, 0.3) is 0 Å². The molecule has 1 aromatic heterocycles. The first-order valence-electron chi connectivity index (χ1n) is 5.49. The number of methoxy groups -OCH3 is 1. The molecule has 0 aromatic carbocycles. The molecule has 0 spiro atoms. The summed E-state index contributed by atoms with van der Waals surface area (Å²) in [4.78, 5) is 4.13. The van der Waals surface area contributed by atoms with Crippen molar-refractivity contribution in [3.63, 3.8) is 0 Å². The molecule has 15 heavy (non-hydrogen) atoms. The molecule has 4 nitrogen and oxygen atoms in total. The van der Waals surface area contributed by atoms with Crippen molar-refractivity contribution in [1.82, 2.24) is 9.55 Å². The molecule has 4 heteroatoms. The Kier molecular flexibility index (Phi) is 3.38. The van der Waals surface area contributed by atoms with Gasteiger partial charge in [0.15, 0.2) is 0 Å². The SMILES string of the molecule is COC1CCCC(n2cnc(CO)c2)C1. The fourth-order valence-corrected chi connectivity index (χ4v) is 2.27. The maximum Gasteiger partial charge on any atom is 0.0953 e. The number of hydrogen-bond acceptors (Lipinski definition) is 3. The molecular weight excluding hydrogens is 192 g/mol. The summed E-state index contributed by atoms with van der Waals surface area (Å²) >= 11 is 0. The summed E-state index contributed by atoms with van der Waals surface area (Å²) in [5.41, 5.74) is 0.745. The van der Waals surface area contributed by atoms with E-state index in [0.717, 1.165) is 18.5 Å². The molecule has 1 aliphatic rings. The van der Waals surface area contributed by atoms with Crippen LogP contribution in [0, 0.1) is 0 Å². The van der Waals surface area contributed by atoms with Crippen LogP contribution in [-0.4, -0.2) is 27.9 Å². The molecule has 1 fully saturated rings. The van der Waals surface area contributed by atoms with Crippen molar-refractivity contribution in [2.75, 3.05) is 7.11 Å². The molecule has 2 unspecified atom stereocenters. The molecule has 84 valence electrons. The third-order valence-electron chi connectivity index (χ3n) is 3.17. The molecule has 0 amide bonds. The zero-order valence-electron chi connectivity index (χ0n) is 9.09. The van der Waals surface area contributed by atoms with Crippen LogP contribution >= 0.6 is 0 Å². The second kappa shape index (κ2) is 4.77. The van der Waals surface area contributed by atoms with Crippen molar-refractivity contribution in [3.8, 4) is 0 Å². The maximum absolute atomic E-state index is 8.95. The van der Waals surface area contributed by atoms with Crippen LogP contribution in [0.4, 0.5) is 0 Å². The van der Waals surface area contributed by atoms with E-state index in [-0.39, 0.29) is 6.61 Å². The molecule has 1 saturated carbocycles. The predicted molar refractivity (Wildman–Crippen MR) is 56.5 cm³/mol. The number of aliphatic hydroxyl groups excluding tert-OH is 1. The number of aromatic nitrogens is 2. The molecule has 1 aliphatic carbocycles. The molecule has 2 rings (SSSR count). The Balaban J connectivity index is 2.03. The summed E-state index contributed by atoms with van der Waals surface area (Å²) in [6, 6.07) is 0.483. The summed E-state index contributed by atoms with van der Waals surface area (Å²) in [5.74, 6) is 0. The summed E-state index contributed by atoms with van der Waals surface area (Å²) in [6.07, 6.45) is 8.73. The highest BCUT2D eigenvalue weighted by Crippen LogP contribution is 2.29. The van der Waals surface area contributed by atoms with Crippen molar-refractivity contribution < 1.29 is 9.84 Å². The van der Waals surface area contributed by atoms with E-state index in [1.807, 2.05) is 12.5 Å². The molecule has 0 aliphatic heterocycles. The second-order valence-electron chi connectivity index (χ2n) is 4.15. The quantitative estimate of drug-likeness (QED) is 0.822. The van der Waals surface area contributed by atoms with Crippen molar-refractivity contribution in [3.05, 3.63) is 18.2 Å². The molecule has 1 aromatic rings. The van der Waals surface area contributed by atoms with Crippen LogP contribution in [0.1, 0.15) is 37.4 Å². The van der Waals surface area contributed by atoms with E-state index in [4.69, 9.17) is 9.84 Å². The van der Waals surface area contributed by atoms with E-state index in [2.05, 4.69) is 9.55 Å². The fourth-order valence-electron chi connectivity index (χ4n) is 2.27. The van der Waals surface area contributed by atoms with E-state index >= 15 is 0 Å². The summed E-state index contributed by atoms with van der Waals surface area (Å²) in [6.45, 7) is 0.0213. The molecular formula is C11H18N2O2. The lowest BCUT2D eigenvalue weighted by Crippen LogP contribution is -2.23. The number of imidazole rings is 1. The Morgan fingerprint density at radius 2 is 2.47 bits per heavy atom. The van der Waals surface area contributed by atoms with Gasteiger partial charge in [0, 0.05) is 19.3 Å². The third-order valence-corrected chi connectivity index (χ3v) is 3.17. The van der Waals surface area contributed by atoms with Crippen molar-refractivity contribution in [2.45, 2.75) is 44.4 Å². The Bertz CT molecular complexity index is 311. The van der Waals surface area contributed by atoms with Gasteiger partial charge in [-0.15, -0.1) is 0 Å². The number of hydrogen-bond donors (Lipinski definition) is 1. The van der Waals surface area contributed by atoms with E-state index in [9.17, 15) is 0 Å². The standard InChI is InChI=1S/C11H18N2O2/c1-15-11-4-2-3-10(5-11)13-6-9(7-14)12-8-13/h6,8,10-11,14H,2-5,7H2,1H3. The lowest BCUT2D eigenvalue weighted by atomic mass is 9.93. The molecule has 0 saturated heterocycles. The van der Waals surface area contributed by atoms with E-state index < -0.39 is 0 Å². The van der Waals surface area contributed by atoms with Gasteiger partial charge in [-0.3, -0.25) is 0 Å². The normalized spacial score (nSPS) is 26.8. The van der Waals surface area contributed by atoms with Gasteiger partial charge in [-0.25, -0.2) is 4.98 Å². The van der Waals surface area contributed by atoms with E-state index in [1.54, 1.807) is 7.11 Å². The first kappa shape index (κ1) is 10.6. The minimum absolute atomic E-state index is 0.0213. The predicted octanol–water partition coefficient (Wildman–Crippen LogP) is 1.51. The summed E-state index contributed by atoms with van der Waals surface area (Å²) in [5, 5.41) is 8.95. The second-order valence-corrected chi connectivity index (χ2v) is 4.15. The minimum atomic E-state index is 0.0213. The molecule has 1 heterocycles. The van der Waals surface area contributed by atoms with Crippen LogP contribution in [0.3, 0.4) is 0 Å². The lowest BCUT2D eigenvalue weighted by Gasteiger charge is -2.28. The number of nitrogens with zero attached hydrogens (tertiary/aromatic N) is 2. The van der Waals surface area contributed by atoms with Crippen LogP contribution in [-0.2, 0) is 11.3 Å². The molecule has 0 bridgehead atoms. The van der Waals surface area contributed by atoms with Gasteiger partial charge in [0.05, 0.1) is 24.7 Å². The van der Waals surface area contributed by atoms with Crippen LogP contribution in [0.5, 0.6) is 0 Å². The number of ether oxygens (including phenoxy) is 1. The van der Waals surface area contributed by atoms with Crippen molar-refractivity contribution in [1.29, 1.82) is 0 Å². The van der Waals surface area contributed by atoms with Gasteiger partial charge in [0.1, 0.15) is 0 Å². The Morgan fingerprint density at radius 3 is 3.13 bits per heavy atom. The largest absolute Gasteiger partial charge is 0.390 e. The van der Waals surface area contributed by atoms with Crippen LogP contribution in [0.25, 0.3) is 0 Å². The van der Waals surface area contributed by atoms with Crippen LogP contribution in [0.2, 0.25) is 0 Å². The Morgan fingerprint density at radius 1 is 1.60 bits per heavy atom. The van der Waals surface area contributed by atoms with Gasteiger partial charge in [-0.05, 0) is 25.7 Å². The fraction of sp³-hybridized carbons (Fsp3) is 0.727. The van der Waals surface area contributed by atoms with Crippen LogP contribution < -0.4 is 0 Å². The Hall–Kier alpha value is -0.870. The van der Waals surface area contributed by atoms with Crippen LogP contribution in [0.15, 0.2) is 12.5 Å². The zero-order valence-corrected chi connectivity index (χ0v) is 9.09. The lowest BCUT2D eigenvalue weighted by molar-refractivity contribution is 0.0530. The molecule has 2 atom stereocenters. The highest BCUT2D eigenvalue weighted by Gasteiger charge is 2.22. The maximum atomic E-state index is 8.95. The summed E-state index contributed by atoms with van der Waals surface area (Å²) < 4.78 is 7.50. The van der Waals surface area contributed by atoms with E-state index in [1.165, 1.54) is 12.8 Å². The highest BCUT2D eigenvalue weighted by atomic mass is 16.5. The van der Waals surface area contributed by atoms with Gasteiger partial charge in [-0.2, -0.15) is 0 Å². The number of aliphatic hydroxyl groups is 1. The number of rotatable bonds is 3. The summed E-state index contributed by atoms with van der Waals surface area (Å²) in [7, 11) is 1.78. The van der Waals surface area contributed by atoms with Crippen molar-refractivity contribution >= 4 is 0 Å². The third kappa shape index (κ3) is 2.38. The first-order chi connectivity index (χ1) is 7.33. The molecule has 0 radical (unpaired) electrons. The van der Waals surface area contributed by atoms with Gasteiger partial charge in [-0.1, -0.05) is 0 Å². The topological polar surface area (TPSA) is 47.3 Å².